The van der Waals surface area contributed by atoms with Crippen LogP contribution in [-0.2, 0) is 0 Å². The van der Waals surface area contributed by atoms with E-state index in [9.17, 15) is 4.79 Å². The van der Waals surface area contributed by atoms with Crippen LogP contribution in [0.15, 0.2) is 30.5 Å². The average molecular weight is 270 g/mol. The van der Waals surface area contributed by atoms with Gasteiger partial charge in [-0.25, -0.2) is 4.98 Å². The van der Waals surface area contributed by atoms with Gasteiger partial charge in [-0.15, -0.1) is 0 Å². The third-order valence-corrected chi connectivity index (χ3v) is 3.68. The summed E-state index contributed by atoms with van der Waals surface area (Å²) in [5, 5.41) is 6.25. The van der Waals surface area contributed by atoms with Gasteiger partial charge in [0.2, 0.25) is 0 Å². The topological polar surface area (TPSA) is 66.9 Å². The zero-order valence-electron chi connectivity index (χ0n) is 11.3. The predicted molar refractivity (Wildman–Crippen MR) is 77.5 cm³/mol. The highest BCUT2D eigenvalue weighted by Gasteiger charge is 2.15. The van der Waals surface area contributed by atoms with E-state index in [0.717, 1.165) is 30.5 Å². The molecule has 2 aromatic rings. The largest absolute Gasteiger partial charge is 0.351 e. The van der Waals surface area contributed by atoms with Crippen molar-refractivity contribution in [3.63, 3.8) is 0 Å². The van der Waals surface area contributed by atoms with Gasteiger partial charge >= 0.3 is 0 Å². The number of benzene rings is 1. The highest BCUT2D eigenvalue weighted by atomic mass is 16.1. The fourth-order valence-corrected chi connectivity index (χ4v) is 2.51. The van der Waals surface area contributed by atoms with E-state index in [4.69, 9.17) is 0 Å². The molecule has 3 rings (SSSR count). The number of hydrogen-bond acceptors (Lipinski definition) is 4. The maximum Gasteiger partial charge on any atom is 0.271 e. The van der Waals surface area contributed by atoms with E-state index in [1.165, 1.54) is 12.6 Å². The number of nitrogens with one attached hydrogen (secondary N) is 2. The van der Waals surface area contributed by atoms with Crippen LogP contribution in [0.4, 0.5) is 0 Å². The molecule has 104 valence electrons. The molecule has 0 aliphatic carbocycles. The van der Waals surface area contributed by atoms with Gasteiger partial charge in [0, 0.05) is 6.54 Å². The normalized spacial score (nSPS) is 18.3. The molecular formula is C15H18N4O. The Bertz CT molecular complexity index is 608. The van der Waals surface area contributed by atoms with Crippen molar-refractivity contribution < 1.29 is 4.79 Å². The number of para-hydroxylation sites is 2. The van der Waals surface area contributed by atoms with Gasteiger partial charge in [-0.1, -0.05) is 12.1 Å². The molecule has 0 spiro atoms. The SMILES string of the molecule is O=C(NCCC1CCNC1)c1cnc2ccccc2n1. The maximum atomic E-state index is 12.0. The van der Waals surface area contributed by atoms with Gasteiger partial charge in [-0.05, 0) is 44.0 Å². The van der Waals surface area contributed by atoms with E-state index < -0.39 is 0 Å². The van der Waals surface area contributed by atoms with E-state index >= 15 is 0 Å². The first-order valence-electron chi connectivity index (χ1n) is 7.03. The fraction of sp³-hybridized carbons (Fsp3) is 0.400. The molecule has 0 bridgehead atoms. The molecule has 0 radical (unpaired) electrons. The van der Waals surface area contributed by atoms with E-state index in [1.54, 1.807) is 0 Å². The quantitative estimate of drug-likeness (QED) is 0.880. The van der Waals surface area contributed by atoms with Crippen molar-refractivity contribution >= 4 is 16.9 Å². The first-order chi connectivity index (χ1) is 9.83. The van der Waals surface area contributed by atoms with Gasteiger partial charge < -0.3 is 10.6 Å². The van der Waals surface area contributed by atoms with Crippen molar-refractivity contribution in [2.75, 3.05) is 19.6 Å². The van der Waals surface area contributed by atoms with Gasteiger partial charge in [0.1, 0.15) is 5.69 Å². The van der Waals surface area contributed by atoms with Crippen LogP contribution >= 0.6 is 0 Å². The molecule has 2 N–H and O–H groups in total. The summed E-state index contributed by atoms with van der Waals surface area (Å²) in [6.07, 6.45) is 3.75. The molecule has 2 heterocycles. The number of fused-ring (bicyclic) bond motifs is 1. The molecule has 0 saturated carbocycles. The Morgan fingerprint density at radius 3 is 3.00 bits per heavy atom. The van der Waals surface area contributed by atoms with Crippen molar-refractivity contribution in [1.29, 1.82) is 0 Å². The lowest BCUT2D eigenvalue weighted by molar-refractivity contribution is 0.0946. The number of carbonyl (C=O) groups is 1. The van der Waals surface area contributed by atoms with Gasteiger partial charge in [0.15, 0.2) is 0 Å². The van der Waals surface area contributed by atoms with Crippen LogP contribution in [0.25, 0.3) is 11.0 Å². The smallest absolute Gasteiger partial charge is 0.271 e. The zero-order chi connectivity index (χ0) is 13.8. The molecular weight excluding hydrogens is 252 g/mol. The summed E-state index contributed by atoms with van der Waals surface area (Å²) in [7, 11) is 0. The van der Waals surface area contributed by atoms with E-state index in [-0.39, 0.29) is 5.91 Å². The number of aromatic nitrogens is 2. The van der Waals surface area contributed by atoms with Crippen LogP contribution in [0.5, 0.6) is 0 Å². The number of amides is 1. The Hall–Kier alpha value is -2.01. The summed E-state index contributed by atoms with van der Waals surface area (Å²) >= 11 is 0. The lowest BCUT2D eigenvalue weighted by atomic mass is 10.1. The minimum absolute atomic E-state index is 0.144. The zero-order valence-corrected chi connectivity index (χ0v) is 11.3. The number of carbonyl (C=O) groups excluding carboxylic acids is 1. The van der Waals surface area contributed by atoms with Gasteiger partial charge in [-0.3, -0.25) is 9.78 Å². The van der Waals surface area contributed by atoms with Crippen LogP contribution in [0.3, 0.4) is 0 Å². The van der Waals surface area contributed by atoms with Gasteiger partial charge in [0.05, 0.1) is 17.2 Å². The Morgan fingerprint density at radius 1 is 1.35 bits per heavy atom. The first kappa shape index (κ1) is 13.0. The van der Waals surface area contributed by atoms with Gasteiger partial charge in [-0.2, -0.15) is 0 Å². The van der Waals surface area contributed by atoms with Crippen LogP contribution in [0, 0.1) is 5.92 Å². The molecule has 1 aliphatic rings. The molecule has 1 amide bonds. The third-order valence-electron chi connectivity index (χ3n) is 3.68. The van der Waals surface area contributed by atoms with Crippen molar-refractivity contribution in [3.05, 3.63) is 36.2 Å². The second-order valence-corrected chi connectivity index (χ2v) is 5.15. The lowest BCUT2D eigenvalue weighted by Crippen LogP contribution is -2.27. The number of hydrogen-bond donors (Lipinski definition) is 2. The summed E-state index contributed by atoms with van der Waals surface area (Å²) in [4.78, 5) is 20.6. The molecule has 1 aliphatic heterocycles. The average Bonchev–Trinajstić information content (AvgIpc) is 3.00. The first-order valence-corrected chi connectivity index (χ1v) is 7.03. The summed E-state index contributed by atoms with van der Waals surface area (Å²) in [5.74, 6) is 0.534. The van der Waals surface area contributed by atoms with Crippen LogP contribution in [-0.4, -0.2) is 35.5 Å². The molecule has 1 aromatic carbocycles. The van der Waals surface area contributed by atoms with Crippen LogP contribution in [0.2, 0.25) is 0 Å². The Balaban J connectivity index is 1.60. The van der Waals surface area contributed by atoms with E-state index in [2.05, 4.69) is 20.6 Å². The van der Waals surface area contributed by atoms with E-state index in [1.807, 2.05) is 24.3 Å². The molecule has 20 heavy (non-hydrogen) atoms. The number of nitrogens with zero attached hydrogens (tertiary/aromatic N) is 2. The molecule has 1 aromatic heterocycles. The minimum Gasteiger partial charge on any atom is -0.351 e. The summed E-state index contributed by atoms with van der Waals surface area (Å²) in [6.45, 7) is 2.85. The monoisotopic (exact) mass is 270 g/mol. The summed E-state index contributed by atoms with van der Waals surface area (Å²) in [6, 6.07) is 7.55. The highest BCUT2D eigenvalue weighted by molar-refractivity contribution is 5.93. The Labute approximate surface area is 117 Å². The Kier molecular flexibility index (Phi) is 3.87. The fourth-order valence-electron chi connectivity index (χ4n) is 2.51. The predicted octanol–water partition coefficient (Wildman–Crippen LogP) is 1.36. The van der Waals surface area contributed by atoms with Crippen LogP contribution in [0.1, 0.15) is 23.3 Å². The van der Waals surface area contributed by atoms with Crippen molar-refractivity contribution in [2.45, 2.75) is 12.8 Å². The standard InChI is InChI=1S/C15H18N4O/c20-15(17-8-6-11-5-7-16-9-11)14-10-18-12-3-1-2-4-13(12)19-14/h1-4,10-11,16H,5-9H2,(H,17,20). The molecule has 1 fully saturated rings. The second-order valence-electron chi connectivity index (χ2n) is 5.15. The van der Waals surface area contributed by atoms with Gasteiger partial charge in [0.25, 0.3) is 5.91 Å². The highest BCUT2D eigenvalue weighted by Crippen LogP contribution is 2.11. The molecule has 1 atom stereocenters. The molecule has 1 unspecified atom stereocenters. The lowest BCUT2D eigenvalue weighted by Gasteiger charge is -2.09. The molecule has 1 saturated heterocycles. The molecule has 5 heteroatoms. The summed E-state index contributed by atoms with van der Waals surface area (Å²) < 4.78 is 0. The third kappa shape index (κ3) is 2.93. The minimum atomic E-state index is -0.144. The van der Waals surface area contributed by atoms with Crippen molar-refractivity contribution in [3.8, 4) is 0 Å². The summed E-state index contributed by atoms with van der Waals surface area (Å²) in [5.41, 5.74) is 1.94. The Morgan fingerprint density at radius 2 is 2.20 bits per heavy atom. The maximum absolute atomic E-state index is 12.0. The van der Waals surface area contributed by atoms with Crippen LogP contribution < -0.4 is 10.6 Å². The second kappa shape index (κ2) is 5.96. The number of rotatable bonds is 4. The van der Waals surface area contributed by atoms with E-state index in [0.29, 0.717) is 18.2 Å². The van der Waals surface area contributed by atoms with Crippen molar-refractivity contribution in [2.24, 2.45) is 5.92 Å². The molecule has 5 nitrogen and oxygen atoms in total. The van der Waals surface area contributed by atoms with Crippen molar-refractivity contribution in [1.82, 2.24) is 20.6 Å².